The van der Waals surface area contributed by atoms with Crippen molar-refractivity contribution in [3.63, 3.8) is 0 Å². The van der Waals surface area contributed by atoms with Crippen LogP contribution in [0.4, 0.5) is 4.79 Å². The van der Waals surface area contributed by atoms with Gasteiger partial charge in [-0.15, -0.1) is 12.4 Å². The molecule has 2 heterocycles. The fourth-order valence-corrected chi connectivity index (χ4v) is 5.51. The second-order valence-electron chi connectivity index (χ2n) is 9.45. The number of alkyl carbamates (subject to hydrolysis) is 1. The number of rotatable bonds is 8. The van der Waals surface area contributed by atoms with Crippen LogP contribution in [0.1, 0.15) is 42.9 Å². The van der Waals surface area contributed by atoms with Crippen molar-refractivity contribution in [2.45, 2.75) is 38.3 Å². The van der Waals surface area contributed by atoms with E-state index < -0.39 is 6.09 Å². The molecular weight excluding hydrogens is 501 g/mol. The molecule has 2 aromatic carbocycles. The minimum absolute atomic E-state index is 0. The summed E-state index contributed by atoms with van der Waals surface area (Å²) < 4.78 is 10.0. The molecule has 7 nitrogen and oxygen atoms in total. The van der Waals surface area contributed by atoms with Crippen molar-refractivity contribution in [2.75, 3.05) is 40.4 Å². The van der Waals surface area contributed by atoms with Gasteiger partial charge in [-0.3, -0.25) is 4.79 Å². The first-order valence-electron chi connectivity index (χ1n) is 12.2. The van der Waals surface area contributed by atoms with Gasteiger partial charge in [0.15, 0.2) is 0 Å². The first-order chi connectivity index (χ1) is 16.9. The average molecular weight is 537 g/mol. The monoisotopic (exact) mass is 535 g/mol. The van der Waals surface area contributed by atoms with Crippen LogP contribution in [-0.2, 0) is 16.1 Å². The molecule has 0 radical (unpaired) electrons. The van der Waals surface area contributed by atoms with Crippen molar-refractivity contribution in [2.24, 2.45) is 5.41 Å². The maximum Gasteiger partial charge on any atom is 0.407 e. The van der Waals surface area contributed by atoms with Gasteiger partial charge in [0, 0.05) is 24.7 Å². The summed E-state index contributed by atoms with van der Waals surface area (Å²) in [5.41, 5.74) is 1.76. The third-order valence-corrected chi connectivity index (χ3v) is 7.78. The molecule has 2 aliphatic rings. The number of amides is 2. The zero-order valence-electron chi connectivity index (χ0n) is 20.9. The summed E-state index contributed by atoms with van der Waals surface area (Å²) in [7, 11) is 3.02. The van der Waals surface area contributed by atoms with E-state index in [2.05, 4.69) is 10.2 Å². The number of halogens is 2. The van der Waals surface area contributed by atoms with Gasteiger partial charge in [0.25, 0.3) is 0 Å². The number of carbonyl (C=O) groups excluding carboxylic acids is 2. The van der Waals surface area contributed by atoms with Crippen molar-refractivity contribution in [1.82, 2.24) is 15.1 Å². The van der Waals surface area contributed by atoms with E-state index in [0.29, 0.717) is 18.0 Å². The molecule has 0 saturated carbocycles. The lowest BCUT2D eigenvalue weighted by Crippen LogP contribution is -2.45. The van der Waals surface area contributed by atoms with Gasteiger partial charge < -0.3 is 24.6 Å². The maximum atomic E-state index is 13.4. The smallest absolute Gasteiger partial charge is 0.407 e. The van der Waals surface area contributed by atoms with E-state index in [1.165, 1.54) is 7.11 Å². The fraction of sp³-hybridized carbons (Fsp3) is 0.481. The Hall–Kier alpha value is -2.48. The highest BCUT2D eigenvalue weighted by Crippen LogP contribution is 2.42. The quantitative estimate of drug-likeness (QED) is 0.510. The molecule has 1 spiro atoms. The molecule has 0 bridgehead atoms. The Kier molecular flexibility index (Phi) is 9.88. The number of ether oxygens (including phenoxy) is 2. The van der Waals surface area contributed by atoms with Crippen LogP contribution in [0.25, 0.3) is 0 Å². The van der Waals surface area contributed by atoms with E-state index >= 15 is 0 Å². The van der Waals surface area contributed by atoms with Crippen molar-refractivity contribution in [1.29, 1.82) is 0 Å². The van der Waals surface area contributed by atoms with Gasteiger partial charge in [-0.2, -0.15) is 0 Å². The van der Waals surface area contributed by atoms with Crippen LogP contribution in [0.3, 0.4) is 0 Å². The van der Waals surface area contributed by atoms with E-state index in [0.717, 1.165) is 62.3 Å². The predicted octanol–water partition coefficient (Wildman–Crippen LogP) is 5.07. The summed E-state index contributed by atoms with van der Waals surface area (Å²) in [6, 6.07) is 15.3. The second-order valence-corrected chi connectivity index (χ2v) is 9.85. The molecule has 1 N–H and O–H groups in total. The van der Waals surface area contributed by atoms with E-state index in [9.17, 15) is 9.59 Å². The van der Waals surface area contributed by atoms with Gasteiger partial charge in [-0.05, 0) is 68.1 Å². The molecule has 2 aromatic rings. The Morgan fingerprint density at radius 2 is 1.72 bits per heavy atom. The highest BCUT2D eigenvalue weighted by molar-refractivity contribution is 6.31. The normalized spacial score (nSPS) is 18.0. The Bertz CT molecular complexity index is 1030. The predicted molar refractivity (Wildman–Crippen MR) is 143 cm³/mol. The average Bonchev–Trinajstić information content (AvgIpc) is 3.18. The van der Waals surface area contributed by atoms with Gasteiger partial charge >= 0.3 is 6.09 Å². The number of benzene rings is 2. The van der Waals surface area contributed by atoms with Crippen molar-refractivity contribution in [3.05, 3.63) is 64.7 Å². The van der Waals surface area contributed by atoms with Crippen molar-refractivity contribution < 1.29 is 19.1 Å². The van der Waals surface area contributed by atoms with Crippen LogP contribution >= 0.6 is 24.0 Å². The highest BCUT2D eigenvalue weighted by Gasteiger charge is 2.47. The number of hydrogen-bond donors (Lipinski definition) is 1. The van der Waals surface area contributed by atoms with Crippen LogP contribution < -0.4 is 10.1 Å². The molecule has 2 saturated heterocycles. The lowest BCUT2D eigenvalue weighted by atomic mass is 9.77. The molecule has 2 aliphatic heterocycles. The topological polar surface area (TPSA) is 71.1 Å². The maximum absolute atomic E-state index is 13.4. The molecule has 0 aliphatic carbocycles. The third kappa shape index (κ3) is 6.44. The van der Waals surface area contributed by atoms with Crippen LogP contribution in [0.5, 0.6) is 5.75 Å². The molecular formula is C27H35Cl2N3O4. The molecule has 0 aromatic heterocycles. The number of methoxy groups -OCH3 is 2. The van der Waals surface area contributed by atoms with E-state index in [1.807, 2.05) is 53.4 Å². The summed E-state index contributed by atoms with van der Waals surface area (Å²) in [4.78, 5) is 29.7. The lowest BCUT2D eigenvalue weighted by molar-refractivity contribution is -0.138. The minimum Gasteiger partial charge on any atom is -0.497 e. The van der Waals surface area contributed by atoms with Gasteiger partial charge in [0.1, 0.15) is 5.75 Å². The number of hydrogen-bond acceptors (Lipinski definition) is 5. The lowest BCUT2D eigenvalue weighted by Gasteiger charge is -2.38. The molecule has 9 heteroatoms. The van der Waals surface area contributed by atoms with Crippen LogP contribution in [0.15, 0.2) is 48.5 Å². The highest BCUT2D eigenvalue weighted by atomic mass is 35.5. The summed E-state index contributed by atoms with van der Waals surface area (Å²) in [6.45, 7) is 4.00. The third-order valence-electron chi connectivity index (χ3n) is 7.44. The Labute approximate surface area is 224 Å². The Morgan fingerprint density at radius 3 is 2.36 bits per heavy atom. The summed E-state index contributed by atoms with van der Waals surface area (Å²) in [5.74, 6) is 1.11. The van der Waals surface area contributed by atoms with Gasteiger partial charge in [0.2, 0.25) is 5.91 Å². The van der Waals surface area contributed by atoms with Crippen molar-refractivity contribution >= 4 is 36.0 Å². The summed E-state index contributed by atoms with van der Waals surface area (Å²) in [6.07, 6.45) is 2.89. The van der Waals surface area contributed by atoms with Gasteiger partial charge in [0.05, 0.1) is 25.7 Å². The number of likely N-dealkylation sites (tertiary alicyclic amines) is 2. The SMILES string of the molecule is COC(=O)NC(CCN1CCC2(CC1)CCN(Cc1ccc(OC)cc1)C2=O)c1ccccc1Cl.Cl. The molecule has 2 amide bonds. The number of carbonyl (C=O) groups is 2. The molecule has 196 valence electrons. The van der Waals surface area contributed by atoms with E-state index in [-0.39, 0.29) is 29.8 Å². The van der Waals surface area contributed by atoms with E-state index in [1.54, 1.807) is 7.11 Å². The van der Waals surface area contributed by atoms with E-state index in [4.69, 9.17) is 21.1 Å². The molecule has 36 heavy (non-hydrogen) atoms. The van der Waals surface area contributed by atoms with Gasteiger partial charge in [-0.25, -0.2) is 4.79 Å². The van der Waals surface area contributed by atoms with Crippen LogP contribution in [-0.4, -0.2) is 62.2 Å². The summed E-state index contributed by atoms with van der Waals surface area (Å²) >= 11 is 6.40. The molecule has 4 rings (SSSR count). The first-order valence-corrected chi connectivity index (χ1v) is 12.6. The number of piperidine rings is 1. The molecule has 1 atom stereocenters. The Morgan fingerprint density at radius 1 is 1.06 bits per heavy atom. The van der Waals surface area contributed by atoms with Crippen molar-refractivity contribution in [3.8, 4) is 5.75 Å². The van der Waals surface area contributed by atoms with Crippen LogP contribution in [0, 0.1) is 5.41 Å². The minimum atomic E-state index is -0.471. The molecule has 1 unspecified atom stereocenters. The zero-order valence-corrected chi connectivity index (χ0v) is 22.4. The van der Waals surface area contributed by atoms with Gasteiger partial charge in [-0.1, -0.05) is 41.9 Å². The van der Waals surface area contributed by atoms with Crippen LogP contribution in [0.2, 0.25) is 5.02 Å². The Balaban J connectivity index is 0.00000361. The number of nitrogens with zero attached hydrogens (tertiary/aromatic N) is 2. The number of nitrogens with one attached hydrogen (secondary N) is 1. The summed E-state index contributed by atoms with van der Waals surface area (Å²) in [5, 5.41) is 3.54. The fourth-order valence-electron chi connectivity index (χ4n) is 5.24. The second kappa shape index (κ2) is 12.7. The molecule has 2 fully saturated rings. The first kappa shape index (κ1) is 28.1. The standard InChI is InChI=1S/C27H34ClN3O4.ClH/c1-34-21-9-7-20(8-10-21)19-31-18-14-27(25(31)32)12-16-30(17-13-27)15-11-24(29-26(33)35-2)22-5-3-4-6-23(22)28;/h3-10,24H,11-19H2,1-2H3,(H,29,33);1H. The zero-order chi connectivity index (χ0) is 24.8. The largest absolute Gasteiger partial charge is 0.497 e.